The summed E-state index contributed by atoms with van der Waals surface area (Å²) < 4.78 is 11.5. The minimum atomic E-state index is 0.522. The lowest BCUT2D eigenvalue weighted by molar-refractivity contribution is 0.301. The van der Waals surface area contributed by atoms with Crippen LogP contribution < -0.4 is 9.47 Å². The van der Waals surface area contributed by atoms with Crippen molar-refractivity contribution >= 4 is 0 Å². The highest BCUT2D eigenvalue weighted by Gasteiger charge is 2.00. The summed E-state index contributed by atoms with van der Waals surface area (Å²) in [5.74, 6) is 1.56. The van der Waals surface area contributed by atoms with Gasteiger partial charge in [-0.2, -0.15) is 0 Å². The molecule has 1 aromatic carbocycles. The fraction of sp³-hybridized carbons (Fsp3) is 0.200. The van der Waals surface area contributed by atoms with E-state index in [1.54, 1.807) is 12.4 Å². The summed E-state index contributed by atoms with van der Waals surface area (Å²) in [6.07, 6.45) is 3.49. The van der Waals surface area contributed by atoms with Crippen molar-refractivity contribution in [3.8, 4) is 11.5 Å². The van der Waals surface area contributed by atoms with Crippen LogP contribution in [0.2, 0.25) is 0 Å². The van der Waals surface area contributed by atoms with Gasteiger partial charge in [-0.3, -0.25) is 9.97 Å². The number of aryl methyl sites for hydroxylation is 2. The number of ether oxygens (including phenoxy) is 2. The SMILES string of the molecule is Cc1ccc(OCc2ccc(COc3ccc(C)nc3)cc2)cn1. The van der Waals surface area contributed by atoms with Crippen LogP contribution in [-0.4, -0.2) is 9.97 Å². The molecule has 2 aromatic heterocycles. The van der Waals surface area contributed by atoms with Crippen molar-refractivity contribution in [3.63, 3.8) is 0 Å². The molecule has 0 N–H and O–H groups in total. The first kappa shape index (κ1) is 16.0. The van der Waals surface area contributed by atoms with Crippen molar-refractivity contribution in [2.24, 2.45) is 0 Å². The molecule has 0 aliphatic heterocycles. The van der Waals surface area contributed by atoms with Crippen LogP contribution in [0.5, 0.6) is 11.5 Å². The van der Waals surface area contributed by atoms with E-state index in [4.69, 9.17) is 9.47 Å². The lowest BCUT2D eigenvalue weighted by Gasteiger charge is -2.08. The molecule has 0 aliphatic carbocycles. The maximum absolute atomic E-state index is 5.73. The van der Waals surface area contributed by atoms with Gasteiger partial charge >= 0.3 is 0 Å². The third kappa shape index (κ3) is 4.56. The molecule has 2 heterocycles. The fourth-order valence-electron chi connectivity index (χ4n) is 2.14. The number of benzene rings is 1. The first-order chi connectivity index (χ1) is 11.7. The summed E-state index contributed by atoms with van der Waals surface area (Å²) in [6, 6.07) is 15.9. The molecular formula is C20H20N2O2. The summed E-state index contributed by atoms with van der Waals surface area (Å²) >= 11 is 0. The molecule has 3 rings (SSSR count). The molecule has 0 amide bonds. The first-order valence-electron chi connectivity index (χ1n) is 7.88. The van der Waals surface area contributed by atoms with Gasteiger partial charge in [0.25, 0.3) is 0 Å². The molecule has 0 spiro atoms. The van der Waals surface area contributed by atoms with Gasteiger partial charge in [-0.25, -0.2) is 0 Å². The van der Waals surface area contributed by atoms with Crippen molar-refractivity contribution in [2.75, 3.05) is 0 Å². The molecule has 0 bridgehead atoms. The van der Waals surface area contributed by atoms with E-state index < -0.39 is 0 Å². The molecule has 0 saturated heterocycles. The number of nitrogens with zero attached hydrogens (tertiary/aromatic N) is 2. The van der Waals surface area contributed by atoms with Crippen LogP contribution in [0.1, 0.15) is 22.5 Å². The topological polar surface area (TPSA) is 44.2 Å². The fourth-order valence-corrected chi connectivity index (χ4v) is 2.14. The Morgan fingerprint density at radius 3 is 1.38 bits per heavy atom. The van der Waals surface area contributed by atoms with Crippen LogP contribution in [0.25, 0.3) is 0 Å². The zero-order valence-corrected chi connectivity index (χ0v) is 13.9. The number of rotatable bonds is 6. The molecule has 0 atom stereocenters. The Labute approximate surface area is 142 Å². The maximum atomic E-state index is 5.73. The lowest BCUT2D eigenvalue weighted by atomic mass is 10.1. The highest BCUT2D eigenvalue weighted by atomic mass is 16.5. The molecule has 4 heteroatoms. The highest BCUT2D eigenvalue weighted by Crippen LogP contribution is 2.14. The predicted molar refractivity (Wildman–Crippen MR) is 93.1 cm³/mol. The molecule has 0 saturated carbocycles. The molecule has 122 valence electrons. The molecule has 3 aromatic rings. The molecule has 0 fully saturated rings. The average Bonchev–Trinajstić information content (AvgIpc) is 2.62. The normalized spacial score (nSPS) is 10.4. The second-order valence-electron chi connectivity index (χ2n) is 5.66. The second-order valence-corrected chi connectivity index (χ2v) is 5.66. The van der Waals surface area contributed by atoms with Gasteiger partial charge in [-0.15, -0.1) is 0 Å². The molecule has 24 heavy (non-hydrogen) atoms. The Kier molecular flexibility index (Phi) is 5.06. The van der Waals surface area contributed by atoms with Gasteiger partial charge < -0.3 is 9.47 Å². The number of aromatic nitrogens is 2. The van der Waals surface area contributed by atoms with Crippen LogP contribution in [0.3, 0.4) is 0 Å². The number of hydrogen-bond acceptors (Lipinski definition) is 4. The zero-order valence-electron chi connectivity index (χ0n) is 13.9. The Morgan fingerprint density at radius 1 is 0.625 bits per heavy atom. The van der Waals surface area contributed by atoms with Gasteiger partial charge in [-0.1, -0.05) is 24.3 Å². The van der Waals surface area contributed by atoms with Crippen molar-refractivity contribution in [2.45, 2.75) is 27.1 Å². The summed E-state index contributed by atoms with van der Waals surface area (Å²) in [6.45, 7) is 4.95. The van der Waals surface area contributed by atoms with Crippen molar-refractivity contribution in [1.82, 2.24) is 9.97 Å². The largest absolute Gasteiger partial charge is 0.487 e. The first-order valence-corrected chi connectivity index (χ1v) is 7.88. The minimum Gasteiger partial charge on any atom is -0.487 e. The Bertz CT molecular complexity index is 698. The van der Waals surface area contributed by atoms with Gasteiger partial charge in [0.1, 0.15) is 24.7 Å². The quantitative estimate of drug-likeness (QED) is 0.681. The second kappa shape index (κ2) is 7.59. The number of pyridine rings is 2. The van der Waals surface area contributed by atoms with Gasteiger partial charge in [0.2, 0.25) is 0 Å². The maximum Gasteiger partial charge on any atom is 0.138 e. The number of hydrogen-bond donors (Lipinski definition) is 0. The standard InChI is InChI=1S/C20H20N2O2/c1-15-3-9-19(11-21-15)23-13-17-5-7-18(8-6-17)14-24-20-10-4-16(2)22-12-20/h3-12H,13-14H2,1-2H3. The molecule has 4 nitrogen and oxygen atoms in total. The van der Waals surface area contributed by atoms with Crippen molar-refractivity contribution in [1.29, 1.82) is 0 Å². The van der Waals surface area contributed by atoms with E-state index in [0.29, 0.717) is 13.2 Å². The summed E-state index contributed by atoms with van der Waals surface area (Å²) in [5, 5.41) is 0. The van der Waals surface area contributed by atoms with E-state index in [9.17, 15) is 0 Å². The van der Waals surface area contributed by atoms with Gasteiger partial charge in [0, 0.05) is 11.4 Å². The predicted octanol–water partition coefficient (Wildman–Crippen LogP) is 4.25. The van der Waals surface area contributed by atoms with Gasteiger partial charge in [0.05, 0.1) is 12.4 Å². The van der Waals surface area contributed by atoms with Crippen LogP contribution >= 0.6 is 0 Å². The molecule has 0 unspecified atom stereocenters. The molecule has 0 radical (unpaired) electrons. The molecular weight excluding hydrogens is 300 g/mol. The summed E-state index contributed by atoms with van der Waals surface area (Å²) in [7, 11) is 0. The van der Waals surface area contributed by atoms with Gasteiger partial charge in [-0.05, 0) is 49.2 Å². The zero-order chi connectivity index (χ0) is 16.8. The third-order valence-electron chi connectivity index (χ3n) is 3.60. The van der Waals surface area contributed by atoms with E-state index in [0.717, 1.165) is 34.0 Å². The monoisotopic (exact) mass is 320 g/mol. The van der Waals surface area contributed by atoms with E-state index in [-0.39, 0.29) is 0 Å². The van der Waals surface area contributed by atoms with E-state index in [1.165, 1.54) is 0 Å². The van der Waals surface area contributed by atoms with Crippen molar-refractivity contribution in [3.05, 3.63) is 83.4 Å². The minimum absolute atomic E-state index is 0.522. The average molecular weight is 320 g/mol. The lowest BCUT2D eigenvalue weighted by Crippen LogP contribution is -1.99. The van der Waals surface area contributed by atoms with Crippen LogP contribution in [0.15, 0.2) is 60.9 Å². The Morgan fingerprint density at radius 2 is 1.04 bits per heavy atom. The summed E-state index contributed by atoms with van der Waals surface area (Å²) in [4.78, 5) is 8.43. The van der Waals surface area contributed by atoms with E-state index >= 15 is 0 Å². The Balaban J connectivity index is 1.51. The van der Waals surface area contributed by atoms with E-state index in [2.05, 4.69) is 9.97 Å². The van der Waals surface area contributed by atoms with Crippen LogP contribution in [-0.2, 0) is 13.2 Å². The van der Waals surface area contributed by atoms with E-state index in [1.807, 2.05) is 62.4 Å². The van der Waals surface area contributed by atoms with Gasteiger partial charge in [0.15, 0.2) is 0 Å². The highest BCUT2D eigenvalue weighted by molar-refractivity contribution is 5.25. The Hall–Kier alpha value is -2.88. The smallest absolute Gasteiger partial charge is 0.138 e. The summed E-state index contributed by atoms with van der Waals surface area (Å²) in [5.41, 5.74) is 4.18. The molecule has 0 aliphatic rings. The van der Waals surface area contributed by atoms with Crippen LogP contribution in [0.4, 0.5) is 0 Å². The van der Waals surface area contributed by atoms with Crippen molar-refractivity contribution < 1.29 is 9.47 Å². The third-order valence-corrected chi connectivity index (χ3v) is 3.60. The van der Waals surface area contributed by atoms with Crippen LogP contribution in [0, 0.1) is 13.8 Å².